The molecule has 5 heteroatoms. The summed E-state index contributed by atoms with van der Waals surface area (Å²) in [4.78, 5) is 13.1. The number of methoxy groups -OCH3 is 1. The highest BCUT2D eigenvalue weighted by atomic mass is 16.5. The van der Waals surface area contributed by atoms with Crippen molar-refractivity contribution >= 4 is 5.97 Å². The van der Waals surface area contributed by atoms with Gasteiger partial charge in [-0.2, -0.15) is 0 Å². The number of hydrogen-bond donors (Lipinski definition) is 1. The number of aliphatic hydroxyl groups excluding tert-OH is 1. The molecule has 0 aliphatic rings. The maximum absolute atomic E-state index is 11.2. The van der Waals surface area contributed by atoms with Crippen LogP contribution in [0.2, 0.25) is 0 Å². The van der Waals surface area contributed by atoms with Gasteiger partial charge >= 0.3 is 5.97 Å². The summed E-state index contributed by atoms with van der Waals surface area (Å²) in [6.45, 7) is 0.760. The Morgan fingerprint density at radius 1 is 1.33 bits per heavy atom. The zero-order valence-corrected chi connectivity index (χ0v) is 10.9. The molecule has 0 aromatic heterocycles. The number of esters is 1. The number of hydrogen-bond acceptors (Lipinski definition) is 5. The van der Waals surface area contributed by atoms with E-state index in [9.17, 15) is 9.90 Å². The number of rotatable bonds is 6. The van der Waals surface area contributed by atoms with Crippen LogP contribution < -0.4 is 4.74 Å². The third kappa shape index (κ3) is 4.73. The highest BCUT2D eigenvalue weighted by molar-refractivity contribution is 5.89. The lowest BCUT2D eigenvalue weighted by Crippen LogP contribution is -2.30. The summed E-state index contributed by atoms with van der Waals surface area (Å²) in [5.41, 5.74) is 0.471. The van der Waals surface area contributed by atoms with Crippen molar-refractivity contribution in [3.63, 3.8) is 0 Å². The second kappa shape index (κ2) is 6.98. The van der Waals surface area contributed by atoms with Crippen molar-refractivity contribution in [2.45, 2.75) is 6.10 Å². The van der Waals surface area contributed by atoms with Gasteiger partial charge in [-0.05, 0) is 38.4 Å². The minimum Gasteiger partial charge on any atom is -0.491 e. The van der Waals surface area contributed by atoms with Crippen LogP contribution in [-0.2, 0) is 4.74 Å². The van der Waals surface area contributed by atoms with Crippen LogP contribution in [0, 0.1) is 0 Å². The van der Waals surface area contributed by atoms with Crippen molar-refractivity contribution < 1.29 is 19.4 Å². The molecule has 5 nitrogen and oxygen atoms in total. The van der Waals surface area contributed by atoms with Crippen molar-refractivity contribution in [3.05, 3.63) is 29.8 Å². The summed E-state index contributed by atoms with van der Waals surface area (Å²) in [6, 6.07) is 6.60. The Kier molecular flexibility index (Phi) is 5.61. The molecule has 0 saturated carbocycles. The minimum absolute atomic E-state index is 0.218. The maximum Gasteiger partial charge on any atom is 0.337 e. The SMILES string of the molecule is COC(=O)c1ccc(OCC(O)CN(C)C)cc1. The van der Waals surface area contributed by atoms with Crippen LogP contribution in [0.5, 0.6) is 5.75 Å². The molecule has 0 radical (unpaired) electrons. The standard InChI is InChI=1S/C13H19NO4/c1-14(2)8-11(15)9-18-12-6-4-10(5-7-12)13(16)17-3/h4-7,11,15H,8-9H2,1-3H3. The van der Waals surface area contributed by atoms with Gasteiger partial charge in [0.15, 0.2) is 0 Å². The van der Waals surface area contributed by atoms with E-state index in [0.717, 1.165) is 0 Å². The van der Waals surface area contributed by atoms with Gasteiger partial charge in [-0.15, -0.1) is 0 Å². The molecule has 1 rings (SSSR count). The molecule has 1 unspecified atom stereocenters. The monoisotopic (exact) mass is 253 g/mol. The molecule has 0 amide bonds. The van der Waals surface area contributed by atoms with Crippen molar-refractivity contribution in [1.29, 1.82) is 0 Å². The Labute approximate surface area is 107 Å². The molecule has 0 aliphatic carbocycles. The van der Waals surface area contributed by atoms with Crippen molar-refractivity contribution in [2.24, 2.45) is 0 Å². The van der Waals surface area contributed by atoms with Gasteiger partial charge in [-0.1, -0.05) is 0 Å². The number of carbonyl (C=O) groups is 1. The first-order chi connectivity index (χ1) is 8.52. The highest BCUT2D eigenvalue weighted by Crippen LogP contribution is 2.13. The Morgan fingerprint density at radius 2 is 1.94 bits per heavy atom. The van der Waals surface area contributed by atoms with Crippen LogP contribution in [0.15, 0.2) is 24.3 Å². The lowest BCUT2D eigenvalue weighted by Gasteiger charge is -2.16. The molecule has 0 bridgehead atoms. The number of carbonyl (C=O) groups excluding carboxylic acids is 1. The molecule has 0 saturated heterocycles. The lowest BCUT2D eigenvalue weighted by molar-refractivity contribution is 0.0600. The quantitative estimate of drug-likeness (QED) is 0.759. The Balaban J connectivity index is 2.46. The molecule has 1 aromatic rings. The number of aliphatic hydroxyl groups is 1. The first-order valence-corrected chi connectivity index (χ1v) is 5.67. The minimum atomic E-state index is -0.541. The smallest absolute Gasteiger partial charge is 0.337 e. The van der Waals surface area contributed by atoms with E-state index in [1.165, 1.54) is 7.11 Å². The van der Waals surface area contributed by atoms with E-state index < -0.39 is 6.10 Å². The third-order valence-electron chi connectivity index (χ3n) is 2.29. The topological polar surface area (TPSA) is 59.0 Å². The second-order valence-electron chi connectivity index (χ2n) is 4.24. The van der Waals surface area contributed by atoms with E-state index in [0.29, 0.717) is 17.9 Å². The first kappa shape index (κ1) is 14.5. The summed E-state index contributed by atoms with van der Waals surface area (Å²) in [6.07, 6.45) is -0.541. The highest BCUT2D eigenvalue weighted by Gasteiger charge is 2.08. The van der Waals surface area contributed by atoms with Crippen LogP contribution in [0.25, 0.3) is 0 Å². The van der Waals surface area contributed by atoms with Crippen LogP contribution in [0.1, 0.15) is 10.4 Å². The van der Waals surface area contributed by atoms with Crippen LogP contribution in [-0.4, -0.2) is 56.4 Å². The fourth-order valence-electron chi connectivity index (χ4n) is 1.47. The average molecular weight is 253 g/mol. The van der Waals surface area contributed by atoms with Gasteiger partial charge < -0.3 is 19.5 Å². The molecule has 0 heterocycles. The number of ether oxygens (including phenoxy) is 2. The Morgan fingerprint density at radius 3 is 2.44 bits per heavy atom. The summed E-state index contributed by atoms with van der Waals surface area (Å²) < 4.78 is 10.0. The van der Waals surface area contributed by atoms with Gasteiger partial charge in [0.25, 0.3) is 0 Å². The van der Waals surface area contributed by atoms with E-state index in [-0.39, 0.29) is 12.6 Å². The second-order valence-corrected chi connectivity index (χ2v) is 4.24. The van der Waals surface area contributed by atoms with Crippen LogP contribution in [0.3, 0.4) is 0 Å². The normalized spacial score (nSPS) is 12.3. The lowest BCUT2D eigenvalue weighted by atomic mass is 10.2. The van der Waals surface area contributed by atoms with E-state index in [1.54, 1.807) is 24.3 Å². The predicted molar refractivity (Wildman–Crippen MR) is 67.8 cm³/mol. The number of benzene rings is 1. The van der Waals surface area contributed by atoms with E-state index in [1.807, 2.05) is 19.0 Å². The molecule has 1 aromatic carbocycles. The fourth-order valence-corrected chi connectivity index (χ4v) is 1.47. The summed E-state index contributed by atoms with van der Waals surface area (Å²) in [5.74, 6) is 0.231. The number of likely N-dealkylation sites (N-methyl/N-ethyl adjacent to an activating group) is 1. The molecule has 0 spiro atoms. The van der Waals surface area contributed by atoms with E-state index in [2.05, 4.69) is 4.74 Å². The average Bonchev–Trinajstić information content (AvgIpc) is 2.35. The summed E-state index contributed by atoms with van der Waals surface area (Å²) >= 11 is 0. The van der Waals surface area contributed by atoms with E-state index >= 15 is 0 Å². The molecule has 1 N–H and O–H groups in total. The summed E-state index contributed by atoms with van der Waals surface area (Å²) in [7, 11) is 5.10. The first-order valence-electron chi connectivity index (χ1n) is 5.67. The molecular weight excluding hydrogens is 234 g/mol. The maximum atomic E-state index is 11.2. The van der Waals surface area contributed by atoms with Crippen molar-refractivity contribution in [2.75, 3.05) is 34.4 Å². The zero-order chi connectivity index (χ0) is 13.5. The van der Waals surface area contributed by atoms with Crippen LogP contribution >= 0.6 is 0 Å². The molecule has 1 atom stereocenters. The number of nitrogens with zero attached hydrogens (tertiary/aromatic N) is 1. The predicted octanol–water partition coefficient (Wildman–Crippen LogP) is 0.774. The Bertz CT molecular complexity index is 375. The fraction of sp³-hybridized carbons (Fsp3) is 0.462. The zero-order valence-electron chi connectivity index (χ0n) is 10.9. The van der Waals surface area contributed by atoms with Gasteiger partial charge in [-0.25, -0.2) is 4.79 Å². The van der Waals surface area contributed by atoms with Gasteiger partial charge in [-0.3, -0.25) is 0 Å². The van der Waals surface area contributed by atoms with Gasteiger partial charge in [0.1, 0.15) is 18.5 Å². The molecule has 100 valence electrons. The molecule has 0 fully saturated rings. The van der Waals surface area contributed by atoms with Gasteiger partial charge in [0.2, 0.25) is 0 Å². The van der Waals surface area contributed by atoms with Crippen molar-refractivity contribution in [3.8, 4) is 5.75 Å². The van der Waals surface area contributed by atoms with E-state index in [4.69, 9.17) is 4.74 Å². The van der Waals surface area contributed by atoms with Crippen molar-refractivity contribution in [1.82, 2.24) is 4.90 Å². The van der Waals surface area contributed by atoms with Crippen LogP contribution in [0.4, 0.5) is 0 Å². The summed E-state index contributed by atoms with van der Waals surface area (Å²) in [5, 5.41) is 9.62. The van der Waals surface area contributed by atoms with Gasteiger partial charge in [0.05, 0.1) is 12.7 Å². The van der Waals surface area contributed by atoms with Gasteiger partial charge in [0, 0.05) is 6.54 Å². The molecule has 18 heavy (non-hydrogen) atoms. The molecular formula is C13H19NO4. The third-order valence-corrected chi connectivity index (χ3v) is 2.29. The molecule has 0 aliphatic heterocycles. The Hall–Kier alpha value is -1.59. The largest absolute Gasteiger partial charge is 0.491 e.